The van der Waals surface area contributed by atoms with E-state index in [1.54, 1.807) is 25.4 Å². The first-order valence-electron chi connectivity index (χ1n) is 8.91. The number of nitrogens with zero attached hydrogens (tertiary/aromatic N) is 3. The summed E-state index contributed by atoms with van der Waals surface area (Å²) >= 11 is 1.12. The lowest BCUT2D eigenvalue weighted by Gasteiger charge is -2.10. The van der Waals surface area contributed by atoms with Crippen molar-refractivity contribution < 1.29 is 9.53 Å². The summed E-state index contributed by atoms with van der Waals surface area (Å²) in [6, 6.07) is 11.1. The Kier molecular flexibility index (Phi) is 6.30. The van der Waals surface area contributed by atoms with Crippen LogP contribution in [0, 0.1) is 0 Å². The van der Waals surface area contributed by atoms with E-state index < -0.39 is 0 Å². The predicted molar refractivity (Wildman–Crippen MR) is 110 cm³/mol. The Balaban J connectivity index is 1.57. The Morgan fingerprint density at radius 1 is 1.25 bits per heavy atom. The number of amides is 1. The van der Waals surface area contributed by atoms with Gasteiger partial charge in [-0.3, -0.25) is 14.2 Å². The second kappa shape index (κ2) is 8.88. The number of hydrogen-bond donors (Lipinski definition) is 1. The summed E-state index contributed by atoms with van der Waals surface area (Å²) < 4.78 is 7.05. The number of carbonyl (C=O) groups excluding carboxylic acids is 1. The SMILES string of the molecule is CC(C)Oc1ccc(CNC(=O)CSc2nc3cccnc3n(C)c2=O)cc1. The molecule has 0 radical (unpaired) electrons. The van der Waals surface area contributed by atoms with E-state index in [9.17, 15) is 9.59 Å². The van der Waals surface area contributed by atoms with Gasteiger partial charge in [-0.25, -0.2) is 9.97 Å². The van der Waals surface area contributed by atoms with Crippen LogP contribution in [0.3, 0.4) is 0 Å². The van der Waals surface area contributed by atoms with Crippen LogP contribution in [0.25, 0.3) is 11.2 Å². The molecule has 0 aliphatic heterocycles. The van der Waals surface area contributed by atoms with Crippen LogP contribution < -0.4 is 15.6 Å². The normalized spacial score (nSPS) is 11.0. The number of carbonyl (C=O) groups is 1. The van der Waals surface area contributed by atoms with Crippen molar-refractivity contribution in [2.45, 2.75) is 31.5 Å². The fourth-order valence-corrected chi connectivity index (χ4v) is 3.36. The Morgan fingerprint density at radius 2 is 2.00 bits per heavy atom. The lowest BCUT2D eigenvalue weighted by atomic mass is 10.2. The van der Waals surface area contributed by atoms with Crippen molar-refractivity contribution >= 4 is 28.8 Å². The number of fused-ring (bicyclic) bond motifs is 1. The zero-order chi connectivity index (χ0) is 20.1. The molecule has 1 N–H and O–H groups in total. The number of rotatable bonds is 7. The third kappa shape index (κ3) is 4.89. The molecule has 28 heavy (non-hydrogen) atoms. The number of thioether (sulfide) groups is 1. The lowest BCUT2D eigenvalue weighted by Crippen LogP contribution is -2.26. The van der Waals surface area contributed by atoms with Gasteiger partial charge in [0.15, 0.2) is 10.7 Å². The lowest BCUT2D eigenvalue weighted by molar-refractivity contribution is -0.118. The Labute approximate surface area is 167 Å². The maximum Gasteiger partial charge on any atom is 0.284 e. The van der Waals surface area contributed by atoms with Crippen LogP contribution in [0.1, 0.15) is 19.4 Å². The van der Waals surface area contributed by atoms with Crippen molar-refractivity contribution in [3.05, 3.63) is 58.5 Å². The molecule has 2 aromatic heterocycles. The van der Waals surface area contributed by atoms with E-state index >= 15 is 0 Å². The number of ether oxygens (including phenoxy) is 1. The second-order valence-corrected chi connectivity index (χ2v) is 7.47. The van der Waals surface area contributed by atoms with Gasteiger partial charge in [-0.1, -0.05) is 23.9 Å². The van der Waals surface area contributed by atoms with Crippen molar-refractivity contribution in [2.75, 3.05) is 5.75 Å². The Bertz CT molecular complexity index is 1030. The summed E-state index contributed by atoms with van der Waals surface area (Å²) in [7, 11) is 1.65. The number of benzene rings is 1. The highest BCUT2D eigenvalue weighted by atomic mass is 32.2. The molecule has 0 aliphatic rings. The molecule has 3 aromatic rings. The predicted octanol–water partition coefficient (Wildman–Crippen LogP) is 2.52. The third-order valence-corrected chi connectivity index (χ3v) is 4.86. The maximum atomic E-state index is 12.4. The quantitative estimate of drug-likeness (QED) is 0.616. The van der Waals surface area contributed by atoms with Gasteiger partial charge < -0.3 is 10.1 Å². The van der Waals surface area contributed by atoms with Crippen LogP contribution in [-0.2, 0) is 18.4 Å². The minimum Gasteiger partial charge on any atom is -0.491 e. The van der Waals surface area contributed by atoms with Crippen LogP contribution in [0.5, 0.6) is 5.75 Å². The molecule has 1 aromatic carbocycles. The summed E-state index contributed by atoms with van der Waals surface area (Å²) in [5.74, 6) is 0.749. The topological polar surface area (TPSA) is 86.1 Å². The van der Waals surface area contributed by atoms with Gasteiger partial charge in [0.25, 0.3) is 5.56 Å². The van der Waals surface area contributed by atoms with Gasteiger partial charge in [0.2, 0.25) is 5.91 Å². The van der Waals surface area contributed by atoms with E-state index in [1.165, 1.54) is 4.57 Å². The fraction of sp³-hybridized carbons (Fsp3) is 0.300. The molecule has 0 aliphatic carbocycles. The highest BCUT2D eigenvalue weighted by Crippen LogP contribution is 2.15. The highest BCUT2D eigenvalue weighted by Gasteiger charge is 2.12. The average molecular weight is 398 g/mol. The molecule has 0 saturated heterocycles. The zero-order valence-corrected chi connectivity index (χ0v) is 16.8. The summed E-state index contributed by atoms with van der Waals surface area (Å²) in [4.78, 5) is 33.0. The van der Waals surface area contributed by atoms with Crippen molar-refractivity contribution in [2.24, 2.45) is 7.05 Å². The van der Waals surface area contributed by atoms with E-state index in [-0.39, 0.29) is 28.3 Å². The molecule has 1 amide bonds. The molecule has 2 heterocycles. The van der Waals surface area contributed by atoms with Gasteiger partial charge in [0.05, 0.1) is 11.9 Å². The fourth-order valence-electron chi connectivity index (χ4n) is 2.57. The molecule has 8 heteroatoms. The average Bonchev–Trinajstić information content (AvgIpc) is 2.68. The van der Waals surface area contributed by atoms with E-state index in [0.29, 0.717) is 17.7 Å². The number of aromatic nitrogens is 3. The van der Waals surface area contributed by atoms with Crippen LogP contribution in [0.4, 0.5) is 0 Å². The Morgan fingerprint density at radius 3 is 2.71 bits per heavy atom. The molecular weight excluding hydrogens is 376 g/mol. The molecule has 7 nitrogen and oxygen atoms in total. The minimum atomic E-state index is -0.259. The first kappa shape index (κ1) is 19.9. The molecule has 0 atom stereocenters. The Hall–Kier alpha value is -2.87. The molecule has 0 bridgehead atoms. The monoisotopic (exact) mass is 398 g/mol. The van der Waals surface area contributed by atoms with Crippen molar-refractivity contribution in [1.82, 2.24) is 19.9 Å². The van der Waals surface area contributed by atoms with E-state index in [0.717, 1.165) is 23.1 Å². The van der Waals surface area contributed by atoms with Gasteiger partial charge in [-0.05, 0) is 43.7 Å². The molecule has 3 rings (SSSR count). The van der Waals surface area contributed by atoms with Crippen molar-refractivity contribution in [1.29, 1.82) is 0 Å². The molecule has 0 saturated carbocycles. The largest absolute Gasteiger partial charge is 0.491 e. The smallest absolute Gasteiger partial charge is 0.284 e. The zero-order valence-electron chi connectivity index (χ0n) is 16.0. The molecular formula is C20H22N4O3S. The van der Waals surface area contributed by atoms with Crippen molar-refractivity contribution in [3.8, 4) is 5.75 Å². The third-order valence-electron chi connectivity index (χ3n) is 3.92. The van der Waals surface area contributed by atoms with E-state index in [4.69, 9.17) is 4.74 Å². The number of pyridine rings is 1. The summed E-state index contributed by atoms with van der Waals surface area (Å²) in [6.07, 6.45) is 1.74. The number of nitrogens with one attached hydrogen (secondary N) is 1. The molecule has 0 unspecified atom stereocenters. The highest BCUT2D eigenvalue weighted by molar-refractivity contribution is 7.99. The number of hydrogen-bond acceptors (Lipinski definition) is 6. The molecule has 0 fully saturated rings. The van der Waals surface area contributed by atoms with Gasteiger partial charge in [-0.15, -0.1) is 0 Å². The first-order valence-corrected chi connectivity index (χ1v) is 9.89. The van der Waals surface area contributed by atoms with Crippen LogP contribution in [0.15, 0.2) is 52.4 Å². The second-order valence-electron chi connectivity index (χ2n) is 6.50. The van der Waals surface area contributed by atoms with E-state index in [2.05, 4.69) is 15.3 Å². The van der Waals surface area contributed by atoms with Gasteiger partial charge in [0, 0.05) is 19.8 Å². The van der Waals surface area contributed by atoms with Crippen LogP contribution >= 0.6 is 11.8 Å². The summed E-state index contributed by atoms with van der Waals surface area (Å²) in [5, 5.41) is 3.14. The van der Waals surface area contributed by atoms with Gasteiger partial charge in [-0.2, -0.15) is 0 Å². The first-order chi connectivity index (χ1) is 13.4. The van der Waals surface area contributed by atoms with Gasteiger partial charge in [0.1, 0.15) is 11.3 Å². The molecule has 0 spiro atoms. The minimum absolute atomic E-state index is 0.114. The maximum absolute atomic E-state index is 12.4. The van der Waals surface area contributed by atoms with Crippen molar-refractivity contribution in [3.63, 3.8) is 0 Å². The standard InChI is InChI=1S/C20H22N4O3S/c1-13(2)27-15-8-6-14(7-9-15)11-22-17(25)12-28-19-20(26)24(3)18-16(23-19)5-4-10-21-18/h4-10,13H,11-12H2,1-3H3,(H,22,25). The molecule has 146 valence electrons. The van der Waals surface area contributed by atoms with Crippen LogP contribution in [0.2, 0.25) is 0 Å². The summed E-state index contributed by atoms with van der Waals surface area (Å²) in [6.45, 7) is 4.36. The van der Waals surface area contributed by atoms with Gasteiger partial charge >= 0.3 is 0 Å². The number of aryl methyl sites for hydroxylation is 1. The summed E-state index contributed by atoms with van der Waals surface area (Å²) in [5.41, 5.74) is 1.85. The van der Waals surface area contributed by atoms with E-state index in [1.807, 2.05) is 38.1 Å². The van der Waals surface area contributed by atoms with Crippen LogP contribution in [-0.4, -0.2) is 32.3 Å².